The highest BCUT2D eigenvalue weighted by Gasteiger charge is 2.19. The van der Waals surface area contributed by atoms with Crippen LogP contribution in [-0.2, 0) is 11.2 Å². The van der Waals surface area contributed by atoms with E-state index >= 15 is 0 Å². The molecule has 0 fully saturated rings. The smallest absolute Gasteiger partial charge is 0.242 e. The van der Waals surface area contributed by atoms with E-state index in [9.17, 15) is 4.79 Å². The van der Waals surface area contributed by atoms with Gasteiger partial charge in [-0.05, 0) is 19.1 Å². The van der Waals surface area contributed by atoms with Crippen molar-refractivity contribution in [3.05, 3.63) is 48.6 Å². The summed E-state index contributed by atoms with van der Waals surface area (Å²) in [6.07, 6.45) is 7.38. The number of nitrogens with zero attached hydrogens (tertiary/aromatic N) is 5. The van der Waals surface area contributed by atoms with Crippen LogP contribution in [0.5, 0.6) is 0 Å². The number of rotatable bonds is 7. The minimum atomic E-state index is -0.330. The van der Waals surface area contributed by atoms with Crippen molar-refractivity contribution in [2.45, 2.75) is 39.2 Å². The van der Waals surface area contributed by atoms with E-state index in [0.717, 1.165) is 11.4 Å². The van der Waals surface area contributed by atoms with Gasteiger partial charge in [0.15, 0.2) is 0 Å². The molecule has 1 N–H and O–H groups in total. The van der Waals surface area contributed by atoms with Gasteiger partial charge in [-0.25, -0.2) is 4.98 Å². The highest BCUT2D eigenvalue weighted by atomic mass is 16.5. The fraction of sp³-hybridized carbons (Fsp3) is 0.389. The van der Waals surface area contributed by atoms with Crippen LogP contribution in [-0.4, -0.2) is 37.1 Å². The Morgan fingerprint density at radius 2 is 2.15 bits per heavy atom. The average molecular weight is 354 g/mol. The van der Waals surface area contributed by atoms with Crippen LogP contribution >= 0.6 is 0 Å². The zero-order chi connectivity index (χ0) is 18.5. The minimum Gasteiger partial charge on any atom is -0.354 e. The number of nitrogens with one attached hydrogen (secondary N) is 1. The lowest BCUT2D eigenvalue weighted by Crippen LogP contribution is -2.33. The first kappa shape index (κ1) is 17.8. The summed E-state index contributed by atoms with van der Waals surface area (Å²) in [4.78, 5) is 25.1. The van der Waals surface area contributed by atoms with Crippen molar-refractivity contribution < 1.29 is 9.32 Å². The summed E-state index contributed by atoms with van der Waals surface area (Å²) in [5.41, 5.74) is 0.793. The third-order valence-electron chi connectivity index (χ3n) is 4.04. The molecule has 3 rings (SSSR count). The summed E-state index contributed by atoms with van der Waals surface area (Å²) in [5, 5.41) is 6.85. The highest BCUT2D eigenvalue weighted by molar-refractivity contribution is 5.79. The van der Waals surface area contributed by atoms with Gasteiger partial charge in [0.25, 0.3) is 0 Å². The zero-order valence-corrected chi connectivity index (χ0v) is 15.1. The Labute approximate surface area is 151 Å². The Morgan fingerprint density at radius 1 is 1.31 bits per heavy atom. The van der Waals surface area contributed by atoms with E-state index in [1.807, 2.05) is 29.8 Å². The minimum absolute atomic E-state index is 0.0723. The van der Waals surface area contributed by atoms with Gasteiger partial charge >= 0.3 is 0 Å². The Bertz CT molecular complexity index is 855. The van der Waals surface area contributed by atoms with E-state index in [0.29, 0.717) is 24.7 Å². The molecule has 0 aliphatic heterocycles. The molecule has 8 nitrogen and oxygen atoms in total. The van der Waals surface area contributed by atoms with Crippen LogP contribution in [0, 0.1) is 0 Å². The van der Waals surface area contributed by atoms with Crippen LogP contribution in [0.3, 0.4) is 0 Å². The lowest BCUT2D eigenvalue weighted by atomic mass is 10.2. The molecule has 3 aromatic heterocycles. The number of amides is 1. The molecule has 0 saturated heterocycles. The topological polar surface area (TPSA) is 98.7 Å². The second-order valence-corrected chi connectivity index (χ2v) is 6.32. The van der Waals surface area contributed by atoms with E-state index in [4.69, 9.17) is 4.52 Å². The van der Waals surface area contributed by atoms with Gasteiger partial charge in [0.05, 0.1) is 0 Å². The zero-order valence-electron chi connectivity index (χ0n) is 15.1. The average Bonchev–Trinajstić information content (AvgIpc) is 3.31. The fourth-order valence-corrected chi connectivity index (χ4v) is 2.63. The van der Waals surface area contributed by atoms with Gasteiger partial charge in [0.2, 0.25) is 17.6 Å². The maximum Gasteiger partial charge on any atom is 0.242 e. The van der Waals surface area contributed by atoms with Crippen molar-refractivity contribution in [3.8, 4) is 11.4 Å². The monoisotopic (exact) mass is 354 g/mol. The summed E-state index contributed by atoms with van der Waals surface area (Å²) in [7, 11) is 0. The molecule has 136 valence electrons. The summed E-state index contributed by atoms with van der Waals surface area (Å²) in [5.74, 6) is 2.04. The van der Waals surface area contributed by atoms with Gasteiger partial charge in [0, 0.05) is 49.2 Å². The number of pyridine rings is 1. The Balaban J connectivity index is 1.54. The lowest BCUT2D eigenvalue weighted by molar-refractivity contribution is -0.123. The molecule has 3 aromatic rings. The van der Waals surface area contributed by atoms with E-state index in [-0.39, 0.29) is 17.9 Å². The first-order valence-corrected chi connectivity index (χ1v) is 8.59. The first-order chi connectivity index (χ1) is 12.6. The first-order valence-electron chi connectivity index (χ1n) is 8.59. The lowest BCUT2D eigenvalue weighted by Gasteiger charge is -2.17. The molecule has 0 aromatic carbocycles. The van der Waals surface area contributed by atoms with Crippen LogP contribution in [0.2, 0.25) is 0 Å². The largest absolute Gasteiger partial charge is 0.354 e. The third kappa shape index (κ3) is 3.96. The highest BCUT2D eigenvalue weighted by Crippen LogP contribution is 2.17. The second-order valence-electron chi connectivity index (χ2n) is 6.32. The van der Waals surface area contributed by atoms with Gasteiger partial charge in [-0.2, -0.15) is 4.98 Å². The summed E-state index contributed by atoms with van der Waals surface area (Å²) in [6, 6.07) is 3.35. The van der Waals surface area contributed by atoms with Gasteiger partial charge in [0.1, 0.15) is 11.9 Å². The van der Waals surface area contributed by atoms with Crippen molar-refractivity contribution in [1.29, 1.82) is 0 Å². The molecule has 0 bridgehead atoms. The van der Waals surface area contributed by atoms with Crippen molar-refractivity contribution >= 4 is 5.91 Å². The number of carbonyl (C=O) groups is 1. The van der Waals surface area contributed by atoms with E-state index in [2.05, 4.69) is 39.3 Å². The Hall–Kier alpha value is -3.03. The summed E-state index contributed by atoms with van der Waals surface area (Å²) < 4.78 is 7.12. The van der Waals surface area contributed by atoms with Crippen LogP contribution < -0.4 is 5.32 Å². The molecule has 0 unspecified atom stereocenters. The van der Waals surface area contributed by atoms with Gasteiger partial charge in [-0.3, -0.25) is 9.78 Å². The van der Waals surface area contributed by atoms with E-state index in [1.54, 1.807) is 18.6 Å². The van der Waals surface area contributed by atoms with Crippen LogP contribution in [0.1, 0.15) is 44.4 Å². The molecule has 1 amide bonds. The molecule has 26 heavy (non-hydrogen) atoms. The summed E-state index contributed by atoms with van der Waals surface area (Å²) >= 11 is 0. The Kier molecular flexibility index (Phi) is 5.40. The molecule has 1 atom stereocenters. The predicted molar refractivity (Wildman–Crippen MR) is 95.3 cm³/mol. The number of imidazole rings is 1. The molecule has 0 aliphatic carbocycles. The van der Waals surface area contributed by atoms with Crippen molar-refractivity contribution in [2.75, 3.05) is 6.54 Å². The number of carbonyl (C=O) groups excluding carboxylic acids is 1. The molecule has 0 saturated carbocycles. The van der Waals surface area contributed by atoms with E-state index < -0.39 is 0 Å². The van der Waals surface area contributed by atoms with Crippen molar-refractivity contribution in [3.63, 3.8) is 0 Å². The predicted octanol–water partition coefficient (Wildman–Crippen LogP) is 2.37. The number of aromatic nitrogens is 5. The molecular weight excluding hydrogens is 332 g/mol. The van der Waals surface area contributed by atoms with Gasteiger partial charge in [-0.15, -0.1) is 0 Å². The maximum atomic E-state index is 12.4. The van der Waals surface area contributed by atoms with Gasteiger partial charge in [-0.1, -0.05) is 19.0 Å². The summed E-state index contributed by atoms with van der Waals surface area (Å²) in [6.45, 7) is 6.39. The normalized spacial score (nSPS) is 12.3. The standard InChI is InChI=1S/C18H22N6O2/c1-12(2)17-20-9-10-24(17)13(3)18(25)21-8-6-15-22-16(23-26-15)14-5-4-7-19-11-14/h4-5,7,9-13H,6,8H2,1-3H3,(H,21,25)/t13-/m1/s1. The molecule has 0 spiro atoms. The van der Waals surface area contributed by atoms with E-state index in [1.165, 1.54) is 0 Å². The second kappa shape index (κ2) is 7.90. The fourth-order valence-electron chi connectivity index (χ4n) is 2.63. The molecule has 0 aliphatic rings. The SMILES string of the molecule is CC(C)c1nccn1[C@H](C)C(=O)NCCc1nc(-c2cccnc2)no1. The molecule has 8 heteroatoms. The van der Waals surface area contributed by atoms with Gasteiger partial charge < -0.3 is 14.4 Å². The van der Waals surface area contributed by atoms with Crippen molar-refractivity contribution in [2.24, 2.45) is 0 Å². The quantitative estimate of drug-likeness (QED) is 0.699. The molecule has 3 heterocycles. The molecular formula is C18H22N6O2. The third-order valence-corrected chi connectivity index (χ3v) is 4.04. The number of hydrogen-bond acceptors (Lipinski definition) is 6. The Morgan fingerprint density at radius 3 is 2.88 bits per heavy atom. The van der Waals surface area contributed by atoms with Crippen molar-refractivity contribution in [1.82, 2.24) is 30.0 Å². The van der Waals surface area contributed by atoms with Crippen LogP contribution in [0.15, 0.2) is 41.4 Å². The number of hydrogen-bond donors (Lipinski definition) is 1. The van der Waals surface area contributed by atoms with Crippen LogP contribution in [0.25, 0.3) is 11.4 Å². The van der Waals surface area contributed by atoms with Crippen LogP contribution in [0.4, 0.5) is 0 Å². The maximum absolute atomic E-state index is 12.4. The molecule has 0 radical (unpaired) electrons.